The minimum absolute atomic E-state index is 0. The summed E-state index contributed by atoms with van der Waals surface area (Å²) in [6.45, 7) is 2.26. The first-order valence-corrected chi connectivity index (χ1v) is 18.9. The summed E-state index contributed by atoms with van der Waals surface area (Å²) in [7, 11) is 3.69. The fraction of sp³-hybridized carbons (Fsp3) is 0.263. The van der Waals surface area contributed by atoms with Crippen LogP contribution in [0.3, 0.4) is 0 Å². The number of carbonyl (C=O) groups excluding carboxylic acids is 25. The molecule has 0 aromatic rings. The van der Waals surface area contributed by atoms with E-state index in [0.717, 1.165) is 16.7 Å². The summed E-state index contributed by atoms with van der Waals surface area (Å²) in [5, 5.41) is 35.7. The molecule has 0 aromatic heterocycles. The van der Waals surface area contributed by atoms with Gasteiger partial charge in [-0.1, -0.05) is 6.47 Å². The van der Waals surface area contributed by atoms with Crippen LogP contribution in [0.1, 0.15) is 6.92 Å². The molecule has 24 amide bonds. The van der Waals surface area contributed by atoms with Crippen LogP contribution in [0.4, 0.5) is 0 Å². The number of hydrogen-bond acceptors (Lipinski definition) is 27. The molecular weight excluding hydrogens is 2140 g/mol. The minimum Gasteiger partial charge on any atom is -0.655 e. The number of rotatable bonds is 1. The fourth-order valence-electron chi connectivity index (χ4n) is 6.45. The zero-order valence-electron chi connectivity index (χ0n) is 45.8. The molecule has 40 nitrogen and oxygen atoms in total. The Kier molecular flexibility index (Phi) is 53.9. The van der Waals surface area contributed by atoms with Gasteiger partial charge in [0.1, 0.15) is 21.7 Å². The Hall–Kier alpha value is 1.87. The number of β-lactam (4-membered cyclic amide) rings is 24. The van der Waals surface area contributed by atoms with Gasteiger partial charge in [-0.2, -0.15) is 0 Å². The Morgan fingerprint density at radius 3 is 0.422 bits per heavy atom. The monoisotopic (exact) mass is 2160 g/mol. The van der Waals surface area contributed by atoms with Crippen molar-refractivity contribution in [2.24, 2.45) is 32.5 Å². The van der Waals surface area contributed by atoms with Crippen LogP contribution in [0.25, 0.3) is 53.2 Å². The van der Waals surface area contributed by atoms with Crippen molar-refractivity contribution < 1.29 is 527 Å². The zero-order valence-corrected chi connectivity index (χ0v) is 79.8. The number of methoxy groups -OCH3 is 1. The van der Waals surface area contributed by atoms with E-state index < -0.39 is 180 Å². The fourth-order valence-corrected chi connectivity index (χ4v) is 6.45. The Morgan fingerprint density at radius 1 is 0.311 bits per heavy atom. The summed E-state index contributed by atoms with van der Waals surface area (Å²) in [6.07, 6.45) is 0. The zero-order chi connectivity index (χ0) is 58.1. The van der Waals surface area contributed by atoms with Gasteiger partial charge in [0.15, 0.2) is 0 Å². The van der Waals surface area contributed by atoms with Crippen molar-refractivity contribution in [3.05, 3.63) is 68.0 Å². The topological polar surface area (TPSA) is 621 Å². The molecule has 12 rings (SSSR count). The second-order valence-electron chi connectivity index (χ2n) is 14.9. The van der Waals surface area contributed by atoms with Gasteiger partial charge in [-0.15, -0.1) is 0 Å². The number of nitrogens with zero attached hydrogens (tertiary/aromatic N) is 12. The van der Waals surface area contributed by atoms with Crippen molar-refractivity contribution in [2.45, 2.75) is 6.92 Å². The molecule has 12 saturated heterocycles. The first-order chi connectivity index (χ1) is 35.1. The van der Waals surface area contributed by atoms with Crippen LogP contribution < -0.4 is 0 Å². The summed E-state index contributed by atoms with van der Waals surface area (Å²) >= 11 is 0. The molecule has 6 spiro atoms. The van der Waals surface area contributed by atoms with Crippen molar-refractivity contribution in [1.29, 1.82) is 0 Å². The predicted octanol–water partition coefficient (Wildman–Crippen LogP) is -7.10. The van der Waals surface area contributed by atoms with Gasteiger partial charge in [-0.25, -0.2) is 0 Å². The van der Waals surface area contributed by atoms with E-state index in [0.29, 0.717) is 0 Å². The summed E-state index contributed by atoms with van der Waals surface area (Å²) in [5.74, 6) is -23.3. The molecule has 0 unspecified atom stereocenters. The van der Waals surface area contributed by atoms with Gasteiger partial charge in [-0.05, 0) is 0 Å². The van der Waals surface area contributed by atoms with Crippen molar-refractivity contribution in [3.63, 3.8) is 0 Å². The third-order valence-corrected chi connectivity index (χ3v) is 11.0. The maximum absolute atomic E-state index is 11.0. The molecule has 0 atom stereocenters. The molecule has 12 aliphatic rings. The van der Waals surface area contributed by atoms with Gasteiger partial charge in [0, 0.05) is 388 Å². The quantitative estimate of drug-likeness (QED) is 0.145. The number of carboxylic acids is 1. The van der Waals surface area contributed by atoms with Crippen LogP contribution in [-0.4, -0.2) is 190 Å². The first-order valence-electron chi connectivity index (χ1n) is 18.9. The molecule has 11 radical (unpaired) electrons. The molecule has 0 aromatic carbocycles. The van der Waals surface area contributed by atoms with Gasteiger partial charge in [0.2, 0.25) is 10.8 Å². The van der Waals surface area contributed by atoms with Crippen LogP contribution in [0.2, 0.25) is 0 Å². The number of imide groups is 12. The van der Waals surface area contributed by atoms with E-state index >= 15 is 0 Å². The van der Waals surface area contributed by atoms with E-state index in [1.165, 1.54) is 27.7 Å². The van der Waals surface area contributed by atoms with Crippen molar-refractivity contribution in [1.82, 2.24) is 9.80 Å². The number of hydrogen-bond donors (Lipinski definition) is 1. The van der Waals surface area contributed by atoms with Crippen LogP contribution >= 0.6 is 0 Å². The molecule has 52 heteroatoms. The largest absolute Gasteiger partial charge is 3.00 e. The van der Waals surface area contributed by atoms with Crippen LogP contribution in [0.5, 0.6) is 0 Å². The van der Waals surface area contributed by atoms with Gasteiger partial charge in [-0.3, -0.25) is 33.8 Å². The summed E-state index contributed by atoms with van der Waals surface area (Å²) in [5.41, 5.74) is -12.5. The standard InChI is InChI=1S/2C6H4N2O4.4C5H2N2O4.C2H3O2.C2H4O2.2CH3.12Y/c2*1-8-4(11)6(5(8)12)2(9)7-3(6)10;4*8-1-5(2(9)6-1)3(10)7-4(5)11;1-4-2-3;1-2(3)4;;;;;;;;;;;;;;/h2*1H3,(H,7,9,10);4*(H2,6,7,8,9,10,11);1H3;1H3,(H,3,4);2*1H3;;;;;;;;;;;;/q;;;;;;-1;;2*-1;;;;;;;;;;;;+3/p-10. The third-order valence-electron chi connectivity index (χ3n) is 11.0. The van der Waals surface area contributed by atoms with Gasteiger partial charge in [0.25, 0.3) is 29.6 Å². The summed E-state index contributed by atoms with van der Waals surface area (Å²) in [4.78, 5) is 276. The van der Waals surface area contributed by atoms with Crippen molar-refractivity contribution >= 4 is 154 Å². The number of likely N-dealkylation sites (tertiary alicyclic amines) is 2. The maximum Gasteiger partial charge on any atom is 3.00 e. The third kappa shape index (κ3) is 17.2. The van der Waals surface area contributed by atoms with Crippen molar-refractivity contribution in [3.8, 4) is 0 Å². The van der Waals surface area contributed by atoms with E-state index in [4.69, 9.17) is 14.7 Å². The molecule has 90 heavy (non-hydrogen) atoms. The molecule has 12 aliphatic heterocycles. The Labute approximate surface area is 803 Å². The van der Waals surface area contributed by atoms with E-state index in [9.17, 15) is 115 Å². The number of amides is 24. The van der Waals surface area contributed by atoms with Crippen LogP contribution in [0, 0.1) is 47.3 Å². The summed E-state index contributed by atoms with van der Waals surface area (Å²) in [6, 6.07) is 0. The number of aliphatic carboxylic acids is 1. The van der Waals surface area contributed by atoms with E-state index in [1.54, 1.807) is 0 Å². The van der Waals surface area contributed by atoms with E-state index in [1.807, 2.05) is 0 Å². The van der Waals surface area contributed by atoms with Gasteiger partial charge >= 0.3 is 32.7 Å². The maximum atomic E-state index is 11.0. The van der Waals surface area contributed by atoms with Crippen LogP contribution in [0.15, 0.2) is 0 Å². The molecule has 0 aliphatic carbocycles. The SMILES string of the molecule is CC(=O)O.CN1C(=O)C2(C(=O)[N-]C2=O)C1=O.CN1C(=O)C2(C(=O)[N-]C2=O)C1=O.CO[C-]=O.O=C1[N-]C(=O)C12C(=O)[N-]C2=O.O=C1[N-]C(=O)C12C(=O)[N-]C2=O.O=C1[N-]C(=O)C12C(=O)[N-]C2=O.O=C1[N-]C(=O)C12C(=O)[N-]C2=O.[CH3-].[CH3-].[Y+3].[Y].[Y].[Y].[Y].[Y].[Y].[Y].[Y].[Y].[Y].[Y]. The normalized spacial score (nSPS) is 19.7. The number of ether oxygens (including phenoxy) is 1. The second kappa shape index (κ2) is 42.8. The summed E-state index contributed by atoms with van der Waals surface area (Å²) < 4.78 is 3.74. The molecule has 0 saturated carbocycles. The number of carbonyl (C=O) groups is 25. The molecule has 12 heterocycles. The van der Waals surface area contributed by atoms with E-state index in [-0.39, 0.29) is 407 Å². The molecule has 12 fully saturated rings. The number of carboxylic acid groups (broad SMARTS) is 1. The average Bonchev–Trinajstić information content (AvgIpc) is 3.31. The molecule has 0 bridgehead atoms. The minimum atomic E-state index is -2.11. The van der Waals surface area contributed by atoms with Gasteiger partial charge in [0.05, 0.1) is 118 Å². The van der Waals surface area contributed by atoms with Crippen LogP contribution in [-0.2, 0) is 522 Å². The smallest absolute Gasteiger partial charge is 0.655 e. The Balaban J connectivity index is -0.000000101. The van der Waals surface area contributed by atoms with Gasteiger partial charge < -0.3 is 179 Å². The molecule has 1 N–H and O–H groups in total. The Bertz CT molecular complexity index is 2570. The Morgan fingerprint density at radius 2 is 0.389 bits per heavy atom. The second-order valence-corrected chi connectivity index (χ2v) is 14.9. The predicted molar refractivity (Wildman–Crippen MR) is 223 cm³/mol. The van der Waals surface area contributed by atoms with E-state index in [2.05, 4.69) is 57.9 Å². The first kappa shape index (κ1) is 113. The molecule has 445 valence electrons. The van der Waals surface area contributed by atoms with Crippen molar-refractivity contribution in [2.75, 3.05) is 21.2 Å². The average molecular weight is 2160 g/mol. The molecular formula is C38H19N12O28Y12-10.